The zero-order valence-corrected chi connectivity index (χ0v) is 25.3. The summed E-state index contributed by atoms with van der Waals surface area (Å²) in [6.45, 7) is 18.9. The Balaban J connectivity index is 1.85. The van der Waals surface area contributed by atoms with Gasteiger partial charge in [0.15, 0.2) is 0 Å². The third kappa shape index (κ3) is 5.03. The molecular formula is C33H47N3O5. The first-order valence-electron chi connectivity index (χ1n) is 15.0. The predicted octanol–water partition coefficient (Wildman–Crippen LogP) is 3.65. The second kappa shape index (κ2) is 12.1. The second-order valence-electron chi connectivity index (χ2n) is 12.5. The highest BCUT2D eigenvalue weighted by molar-refractivity contribution is 5.99. The normalized spacial score (nSPS) is 30.8. The fourth-order valence-electron chi connectivity index (χ4n) is 7.59. The molecule has 224 valence electrons. The number of carbonyl (C=O) groups excluding carboxylic acids is 3. The average Bonchev–Trinajstić information content (AvgIpc) is 3.45. The number of hydrogen-bond donors (Lipinski definition) is 1. The summed E-state index contributed by atoms with van der Waals surface area (Å²) < 4.78 is 6.92. The molecule has 3 heterocycles. The molecule has 1 N–H and O–H groups in total. The highest BCUT2D eigenvalue weighted by Crippen LogP contribution is 2.66. The molecule has 0 aliphatic carbocycles. The number of nitrogens with zero attached hydrogens (tertiary/aromatic N) is 3. The Labute approximate surface area is 245 Å². The van der Waals surface area contributed by atoms with Crippen LogP contribution in [-0.2, 0) is 25.7 Å². The molecule has 3 saturated heterocycles. The molecule has 41 heavy (non-hydrogen) atoms. The van der Waals surface area contributed by atoms with Gasteiger partial charge in [0.25, 0.3) is 0 Å². The monoisotopic (exact) mass is 565 g/mol. The van der Waals surface area contributed by atoms with Crippen LogP contribution in [0.3, 0.4) is 0 Å². The molecule has 7 atom stereocenters. The minimum atomic E-state index is -1.17. The van der Waals surface area contributed by atoms with E-state index in [1.54, 1.807) is 26.9 Å². The third-order valence-electron chi connectivity index (χ3n) is 9.60. The number of aliphatic hydroxyl groups excluding tert-OH is 1. The first kappa shape index (κ1) is 31.0. The number of carbonyl (C=O) groups is 3. The molecule has 3 amide bonds. The molecule has 0 saturated carbocycles. The predicted molar refractivity (Wildman–Crippen MR) is 158 cm³/mol. The lowest BCUT2D eigenvalue weighted by atomic mass is 9.62. The van der Waals surface area contributed by atoms with E-state index in [-0.39, 0.29) is 42.7 Å². The summed E-state index contributed by atoms with van der Waals surface area (Å²) in [4.78, 5) is 48.6. The first-order chi connectivity index (χ1) is 19.5. The van der Waals surface area contributed by atoms with Gasteiger partial charge in [-0.05, 0) is 37.2 Å². The number of aliphatic hydroxyl groups is 1. The summed E-state index contributed by atoms with van der Waals surface area (Å²) in [5.74, 6) is -2.39. The fraction of sp³-hybridized carbons (Fsp3) is 0.606. The summed E-state index contributed by atoms with van der Waals surface area (Å²) in [7, 11) is 0. The summed E-state index contributed by atoms with van der Waals surface area (Å²) in [5.41, 5.74) is -1.11. The van der Waals surface area contributed by atoms with Crippen molar-refractivity contribution in [2.24, 2.45) is 23.7 Å². The average molecular weight is 566 g/mol. The van der Waals surface area contributed by atoms with Gasteiger partial charge in [0, 0.05) is 26.2 Å². The summed E-state index contributed by atoms with van der Waals surface area (Å²) >= 11 is 0. The summed E-state index contributed by atoms with van der Waals surface area (Å²) in [6, 6.07) is 8.14. The number of benzene rings is 1. The van der Waals surface area contributed by atoms with Gasteiger partial charge in [0.05, 0.1) is 30.1 Å². The Morgan fingerprint density at radius 1 is 1.15 bits per heavy atom. The van der Waals surface area contributed by atoms with E-state index in [0.29, 0.717) is 26.1 Å². The number of rotatable bonds is 13. The third-order valence-corrected chi connectivity index (χ3v) is 9.60. The lowest BCUT2D eigenvalue weighted by Crippen LogP contribution is -2.59. The van der Waals surface area contributed by atoms with E-state index in [1.807, 2.05) is 58.0 Å². The molecule has 8 heteroatoms. The molecule has 1 aromatic carbocycles. The molecular weight excluding hydrogens is 518 g/mol. The van der Waals surface area contributed by atoms with Crippen LogP contribution in [0.4, 0.5) is 0 Å². The van der Waals surface area contributed by atoms with E-state index in [1.165, 1.54) is 0 Å². The Morgan fingerprint density at radius 3 is 2.34 bits per heavy atom. The number of ether oxygens (including phenoxy) is 1. The maximum Gasteiger partial charge on any atom is 0.249 e. The lowest BCUT2D eigenvalue weighted by molar-refractivity contribution is -0.158. The highest BCUT2D eigenvalue weighted by Gasteiger charge is 2.80. The van der Waals surface area contributed by atoms with Gasteiger partial charge < -0.3 is 24.5 Å². The van der Waals surface area contributed by atoms with E-state index < -0.39 is 35.1 Å². The van der Waals surface area contributed by atoms with Crippen molar-refractivity contribution in [3.8, 4) is 0 Å². The standard InChI is InChI=1S/C33H47N3O5/c1-8-16-34(17-9-2)29(38)26-27-30(39)36(25(21-37)22(4)5)28(33(27)19-23(6)32(26,7)41-33)31(40)35(18-10-3)20-24-14-12-11-13-15-24/h8,10-15,22-23,25-28,37H,1,3,9,16-21H2,2,4-7H3/t23?,25-,26-,27-,28?,32+,33?/m0/s1. The minimum Gasteiger partial charge on any atom is -0.394 e. The van der Waals surface area contributed by atoms with Gasteiger partial charge in [0.2, 0.25) is 17.7 Å². The number of amides is 3. The molecule has 3 aliphatic rings. The molecule has 3 fully saturated rings. The molecule has 1 spiro atoms. The van der Waals surface area contributed by atoms with E-state index in [2.05, 4.69) is 20.1 Å². The Kier molecular flexibility index (Phi) is 9.14. The summed E-state index contributed by atoms with van der Waals surface area (Å²) in [5, 5.41) is 10.5. The van der Waals surface area contributed by atoms with Crippen molar-refractivity contribution in [1.82, 2.24) is 14.7 Å². The Hall–Kier alpha value is -2.97. The van der Waals surface area contributed by atoms with E-state index in [0.717, 1.165) is 12.0 Å². The van der Waals surface area contributed by atoms with Crippen molar-refractivity contribution in [3.63, 3.8) is 0 Å². The van der Waals surface area contributed by atoms with Crippen molar-refractivity contribution in [2.75, 3.05) is 26.2 Å². The van der Waals surface area contributed by atoms with E-state index in [4.69, 9.17) is 4.74 Å². The quantitative estimate of drug-likeness (QED) is 0.369. The first-order valence-corrected chi connectivity index (χ1v) is 15.0. The van der Waals surface area contributed by atoms with Gasteiger partial charge in [-0.3, -0.25) is 14.4 Å². The molecule has 8 nitrogen and oxygen atoms in total. The zero-order chi connectivity index (χ0) is 30.1. The largest absolute Gasteiger partial charge is 0.394 e. The SMILES string of the molecule is C=CCN(Cc1ccccc1)C(=O)C1N([C@@H](CO)C(C)C)C(=O)[C@@H]2[C@@H](C(=O)N(CC=C)CCC)[C@]3(C)OC12CC3C. The summed E-state index contributed by atoms with van der Waals surface area (Å²) in [6.07, 6.45) is 4.64. The van der Waals surface area contributed by atoms with Crippen LogP contribution in [0, 0.1) is 23.7 Å². The number of hydrogen-bond acceptors (Lipinski definition) is 5. The van der Waals surface area contributed by atoms with Crippen LogP contribution in [-0.4, -0.2) is 87.1 Å². The molecule has 1 aromatic rings. The van der Waals surface area contributed by atoms with E-state index >= 15 is 0 Å². The molecule has 0 radical (unpaired) electrons. The Bertz CT molecular complexity index is 1150. The molecule has 0 aromatic heterocycles. The lowest BCUT2D eigenvalue weighted by Gasteiger charge is -2.40. The highest BCUT2D eigenvalue weighted by atomic mass is 16.5. The van der Waals surface area contributed by atoms with Crippen LogP contribution < -0.4 is 0 Å². The van der Waals surface area contributed by atoms with Gasteiger partial charge in [-0.2, -0.15) is 0 Å². The van der Waals surface area contributed by atoms with Gasteiger partial charge in [0.1, 0.15) is 11.6 Å². The van der Waals surface area contributed by atoms with Crippen molar-refractivity contribution < 1.29 is 24.2 Å². The smallest absolute Gasteiger partial charge is 0.249 e. The molecule has 2 bridgehead atoms. The van der Waals surface area contributed by atoms with Crippen molar-refractivity contribution in [2.45, 2.75) is 77.3 Å². The van der Waals surface area contributed by atoms with Gasteiger partial charge in [-0.1, -0.05) is 70.2 Å². The van der Waals surface area contributed by atoms with Crippen LogP contribution in [0.2, 0.25) is 0 Å². The van der Waals surface area contributed by atoms with Gasteiger partial charge in [-0.15, -0.1) is 13.2 Å². The number of likely N-dealkylation sites (tertiary alicyclic amines) is 1. The van der Waals surface area contributed by atoms with Gasteiger partial charge in [-0.25, -0.2) is 0 Å². The second-order valence-corrected chi connectivity index (χ2v) is 12.5. The Morgan fingerprint density at radius 2 is 1.78 bits per heavy atom. The fourth-order valence-corrected chi connectivity index (χ4v) is 7.59. The van der Waals surface area contributed by atoms with Crippen LogP contribution in [0.15, 0.2) is 55.6 Å². The topological polar surface area (TPSA) is 90.4 Å². The van der Waals surface area contributed by atoms with Crippen molar-refractivity contribution in [3.05, 3.63) is 61.2 Å². The van der Waals surface area contributed by atoms with Crippen LogP contribution in [0.5, 0.6) is 0 Å². The maximum absolute atomic E-state index is 14.7. The van der Waals surface area contributed by atoms with Crippen LogP contribution in [0.1, 0.15) is 53.0 Å². The number of fused-ring (bicyclic) bond motifs is 1. The molecule has 3 aliphatic heterocycles. The van der Waals surface area contributed by atoms with Crippen LogP contribution >= 0.6 is 0 Å². The van der Waals surface area contributed by atoms with E-state index in [9.17, 15) is 19.5 Å². The van der Waals surface area contributed by atoms with Crippen molar-refractivity contribution in [1.29, 1.82) is 0 Å². The molecule has 3 unspecified atom stereocenters. The van der Waals surface area contributed by atoms with Crippen LogP contribution in [0.25, 0.3) is 0 Å². The van der Waals surface area contributed by atoms with Gasteiger partial charge >= 0.3 is 0 Å². The maximum atomic E-state index is 14.7. The zero-order valence-electron chi connectivity index (χ0n) is 25.3. The molecule has 4 rings (SSSR count). The van der Waals surface area contributed by atoms with Crippen molar-refractivity contribution >= 4 is 17.7 Å². The minimum absolute atomic E-state index is 0.0587.